The molecule has 0 saturated heterocycles. The van der Waals surface area contributed by atoms with Gasteiger partial charge in [-0.25, -0.2) is 4.79 Å². The molecule has 0 atom stereocenters. The van der Waals surface area contributed by atoms with Crippen LogP contribution in [0.25, 0.3) is 0 Å². The summed E-state index contributed by atoms with van der Waals surface area (Å²) in [6.45, 7) is 4.65. The third-order valence-electron chi connectivity index (χ3n) is 3.43. The van der Waals surface area contributed by atoms with Crippen molar-refractivity contribution in [2.75, 3.05) is 11.4 Å². The van der Waals surface area contributed by atoms with Crippen LogP contribution in [0.5, 0.6) is 0 Å². The van der Waals surface area contributed by atoms with Crippen molar-refractivity contribution in [2.45, 2.75) is 27.2 Å². The van der Waals surface area contributed by atoms with Crippen LogP contribution in [-0.2, 0) is 9.59 Å². The minimum atomic E-state index is -1.21. The average Bonchev–Trinajstić information content (AvgIpc) is 2.43. The lowest BCUT2D eigenvalue weighted by Gasteiger charge is -2.31. The number of carboxylic acid groups (broad SMARTS) is 2. The molecule has 21 heavy (non-hydrogen) atoms. The third kappa shape index (κ3) is 3.81. The molecule has 0 heterocycles. The van der Waals surface area contributed by atoms with Gasteiger partial charge >= 0.3 is 11.9 Å². The SMILES string of the molecule is CCC(C)(C)C(=O)N(CC(=O)O)c1ccccc1C(=O)O. The molecule has 1 amide bonds. The van der Waals surface area contributed by atoms with Crippen LogP contribution in [0.3, 0.4) is 0 Å². The Morgan fingerprint density at radius 1 is 1.14 bits per heavy atom. The van der Waals surface area contributed by atoms with Gasteiger partial charge in [0.1, 0.15) is 6.54 Å². The second kappa shape index (κ2) is 6.39. The first-order valence-corrected chi connectivity index (χ1v) is 6.56. The summed E-state index contributed by atoms with van der Waals surface area (Å²) in [5.74, 6) is -2.82. The Hall–Kier alpha value is -2.37. The summed E-state index contributed by atoms with van der Waals surface area (Å²) in [4.78, 5) is 35.9. The van der Waals surface area contributed by atoms with E-state index < -0.39 is 29.8 Å². The lowest BCUT2D eigenvalue weighted by molar-refractivity contribution is -0.137. The molecule has 0 spiro atoms. The summed E-state index contributed by atoms with van der Waals surface area (Å²) in [7, 11) is 0. The number of hydrogen-bond donors (Lipinski definition) is 2. The zero-order chi connectivity index (χ0) is 16.2. The van der Waals surface area contributed by atoms with Crippen LogP contribution < -0.4 is 4.90 Å². The van der Waals surface area contributed by atoms with E-state index in [9.17, 15) is 19.5 Å². The number of aliphatic carboxylic acids is 1. The topological polar surface area (TPSA) is 94.9 Å². The maximum absolute atomic E-state index is 12.6. The predicted octanol–water partition coefficient (Wildman–Crippen LogP) is 2.24. The number of nitrogens with zero attached hydrogens (tertiary/aromatic N) is 1. The number of amides is 1. The van der Waals surface area contributed by atoms with E-state index in [0.717, 1.165) is 4.90 Å². The van der Waals surface area contributed by atoms with Crippen molar-refractivity contribution in [1.82, 2.24) is 0 Å². The second-order valence-electron chi connectivity index (χ2n) is 5.34. The summed E-state index contributed by atoms with van der Waals surface area (Å²) in [6, 6.07) is 5.89. The van der Waals surface area contributed by atoms with E-state index in [1.54, 1.807) is 19.9 Å². The Kier molecular flexibility index (Phi) is 5.07. The average molecular weight is 293 g/mol. The molecule has 0 bridgehead atoms. The van der Waals surface area contributed by atoms with Gasteiger partial charge in [0.15, 0.2) is 0 Å². The molecular weight excluding hydrogens is 274 g/mol. The second-order valence-corrected chi connectivity index (χ2v) is 5.34. The molecule has 2 N–H and O–H groups in total. The van der Waals surface area contributed by atoms with Crippen molar-refractivity contribution in [3.63, 3.8) is 0 Å². The molecule has 0 unspecified atom stereocenters. The van der Waals surface area contributed by atoms with Crippen LogP contribution in [0.4, 0.5) is 5.69 Å². The number of para-hydroxylation sites is 1. The van der Waals surface area contributed by atoms with Gasteiger partial charge in [-0.05, 0) is 18.6 Å². The van der Waals surface area contributed by atoms with Gasteiger partial charge in [-0.2, -0.15) is 0 Å². The zero-order valence-corrected chi connectivity index (χ0v) is 12.3. The van der Waals surface area contributed by atoms with Gasteiger partial charge in [0.25, 0.3) is 0 Å². The monoisotopic (exact) mass is 293 g/mol. The molecular formula is C15H19NO5. The number of carbonyl (C=O) groups excluding carboxylic acids is 1. The maximum Gasteiger partial charge on any atom is 0.337 e. The van der Waals surface area contributed by atoms with Gasteiger partial charge in [0, 0.05) is 5.41 Å². The molecule has 6 nitrogen and oxygen atoms in total. The normalized spacial score (nSPS) is 11.0. The number of hydrogen-bond acceptors (Lipinski definition) is 3. The van der Waals surface area contributed by atoms with Crippen molar-refractivity contribution in [1.29, 1.82) is 0 Å². The lowest BCUT2D eigenvalue weighted by atomic mass is 9.88. The number of aromatic carboxylic acids is 1. The van der Waals surface area contributed by atoms with Crippen molar-refractivity contribution >= 4 is 23.5 Å². The highest BCUT2D eigenvalue weighted by Crippen LogP contribution is 2.28. The number of rotatable bonds is 6. The van der Waals surface area contributed by atoms with Crippen LogP contribution in [0.1, 0.15) is 37.6 Å². The van der Waals surface area contributed by atoms with Crippen LogP contribution in [-0.4, -0.2) is 34.6 Å². The molecule has 0 aliphatic heterocycles. The van der Waals surface area contributed by atoms with E-state index in [1.807, 2.05) is 6.92 Å². The van der Waals surface area contributed by atoms with Crippen LogP contribution in [0.15, 0.2) is 24.3 Å². The molecule has 0 aromatic heterocycles. The number of carbonyl (C=O) groups is 3. The minimum Gasteiger partial charge on any atom is -0.480 e. The van der Waals surface area contributed by atoms with E-state index in [2.05, 4.69) is 0 Å². The van der Waals surface area contributed by atoms with Gasteiger partial charge < -0.3 is 10.2 Å². The van der Waals surface area contributed by atoms with E-state index in [0.29, 0.717) is 6.42 Å². The third-order valence-corrected chi connectivity index (χ3v) is 3.43. The first-order valence-electron chi connectivity index (χ1n) is 6.56. The van der Waals surface area contributed by atoms with Gasteiger partial charge in [-0.1, -0.05) is 32.9 Å². The van der Waals surface area contributed by atoms with Crippen molar-refractivity contribution in [3.8, 4) is 0 Å². The summed E-state index contributed by atoms with van der Waals surface area (Å²) >= 11 is 0. The van der Waals surface area contributed by atoms with Gasteiger partial charge in [-0.3, -0.25) is 14.5 Å². The van der Waals surface area contributed by atoms with Gasteiger partial charge in [0.05, 0.1) is 11.3 Å². The molecule has 0 aliphatic carbocycles. The molecule has 1 rings (SSSR count). The summed E-state index contributed by atoms with van der Waals surface area (Å²) in [5.41, 5.74) is -0.779. The fourth-order valence-corrected chi connectivity index (χ4v) is 1.81. The largest absolute Gasteiger partial charge is 0.480 e. The molecule has 0 radical (unpaired) electrons. The standard InChI is InChI=1S/C15H19NO5/c1-4-15(2,3)14(21)16(9-12(17)18)11-8-6-5-7-10(11)13(19)20/h5-8H,4,9H2,1-3H3,(H,17,18)(H,19,20). The molecule has 0 fully saturated rings. The number of anilines is 1. The van der Waals surface area contributed by atoms with E-state index in [4.69, 9.17) is 5.11 Å². The Labute approximate surface area is 123 Å². The van der Waals surface area contributed by atoms with E-state index in [1.165, 1.54) is 18.2 Å². The lowest BCUT2D eigenvalue weighted by Crippen LogP contribution is -2.44. The molecule has 1 aromatic rings. The molecule has 114 valence electrons. The van der Waals surface area contributed by atoms with Crippen molar-refractivity contribution in [3.05, 3.63) is 29.8 Å². The van der Waals surface area contributed by atoms with Gasteiger partial charge in [-0.15, -0.1) is 0 Å². The Morgan fingerprint density at radius 3 is 2.19 bits per heavy atom. The number of benzene rings is 1. The molecule has 0 saturated carbocycles. The van der Waals surface area contributed by atoms with Gasteiger partial charge in [0.2, 0.25) is 5.91 Å². The minimum absolute atomic E-state index is 0.0962. The van der Waals surface area contributed by atoms with Crippen LogP contribution >= 0.6 is 0 Å². The maximum atomic E-state index is 12.6. The molecule has 0 aliphatic rings. The van der Waals surface area contributed by atoms with E-state index >= 15 is 0 Å². The highest BCUT2D eigenvalue weighted by Gasteiger charge is 2.33. The first-order chi connectivity index (χ1) is 9.70. The van der Waals surface area contributed by atoms with Crippen LogP contribution in [0, 0.1) is 5.41 Å². The Bertz CT molecular complexity index is 565. The fraction of sp³-hybridized carbons (Fsp3) is 0.400. The summed E-state index contributed by atoms with van der Waals surface area (Å²) < 4.78 is 0. The quantitative estimate of drug-likeness (QED) is 0.838. The van der Waals surface area contributed by atoms with Crippen LogP contribution in [0.2, 0.25) is 0 Å². The molecule has 6 heteroatoms. The van der Waals surface area contributed by atoms with E-state index in [-0.39, 0.29) is 11.3 Å². The van der Waals surface area contributed by atoms with Crippen molar-refractivity contribution < 1.29 is 24.6 Å². The fourth-order valence-electron chi connectivity index (χ4n) is 1.81. The Morgan fingerprint density at radius 2 is 1.71 bits per heavy atom. The smallest absolute Gasteiger partial charge is 0.337 e. The Balaban J connectivity index is 3.36. The molecule has 1 aromatic carbocycles. The van der Waals surface area contributed by atoms with Crippen molar-refractivity contribution in [2.24, 2.45) is 5.41 Å². The predicted molar refractivity (Wildman–Crippen MR) is 77.5 cm³/mol. The number of carboxylic acids is 2. The first kappa shape index (κ1) is 16.7. The summed E-state index contributed by atoms with van der Waals surface area (Å²) in [6.07, 6.45) is 0.511. The highest BCUT2D eigenvalue weighted by molar-refractivity contribution is 6.05. The summed E-state index contributed by atoms with van der Waals surface area (Å²) in [5, 5.41) is 18.2. The zero-order valence-electron chi connectivity index (χ0n) is 12.3. The highest BCUT2D eigenvalue weighted by atomic mass is 16.4.